The predicted molar refractivity (Wildman–Crippen MR) is 83.9 cm³/mol. The molecule has 0 unspecified atom stereocenters. The summed E-state index contributed by atoms with van der Waals surface area (Å²) in [5.74, 6) is 0.662. The van der Waals surface area contributed by atoms with Crippen LogP contribution in [0, 0.1) is 0 Å². The number of hydrogen-bond donors (Lipinski definition) is 1. The van der Waals surface area contributed by atoms with Gasteiger partial charge >= 0.3 is 5.97 Å². The molecule has 0 saturated heterocycles. The van der Waals surface area contributed by atoms with E-state index in [1.165, 1.54) is 7.11 Å². The molecule has 0 fully saturated rings. The maximum Gasteiger partial charge on any atom is 0.307 e. The number of carboxylic acid groups (broad SMARTS) is 1. The molecule has 0 aliphatic carbocycles. The van der Waals surface area contributed by atoms with E-state index >= 15 is 0 Å². The largest absolute Gasteiger partial charge is 0.496 e. The minimum absolute atomic E-state index is 0.108. The molecule has 2 heterocycles. The molecule has 0 bridgehead atoms. The second-order valence-electron chi connectivity index (χ2n) is 4.83. The number of carbonyl (C=O) groups is 1. The summed E-state index contributed by atoms with van der Waals surface area (Å²) in [5.41, 5.74) is 1.98. The summed E-state index contributed by atoms with van der Waals surface area (Å²) in [6, 6.07) is 10.4. The smallest absolute Gasteiger partial charge is 0.307 e. The summed E-state index contributed by atoms with van der Waals surface area (Å²) in [6.07, 6.45) is 3.21. The molecule has 2 aromatic heterocycles. The van der Waals surface area contributed by atoms with Crippen LogP contribution < -0.4 is 9.47 Å². The molecule has 6 heteroatoms. The number of nitrogens with zero attached hydrogens (tertiary/aromatic N) is 2. The number of aliphatic carboxylic acids is 1. The fourth-order valence-corrected chi connectivity index (χ4v) is 2.26. The number of ether oxygens (including phenoxy) is 2. The van der Waals surface area contributed by atoms with Crippen molar-refractivity contribution >= 4 is 17.0 Å². The van der Waals surface area contributed by atoms with E-state index in [1.807, 2.05) is 12.1 Å². The number of rotatable bonds is 5. The van der Waals surface area contributed by atoms with E-state index in [1.54, 1.807) is 36.7 Å². The highest BCUT2D eigenvalue weighted by Gasteiger charge is 2.11. The average molecular weight is 310 g/mol. The predicted octanol–water partition coefficient (Wildman–Crippen LogP) is 3.06. The summed E-state index contributed by atoms with van der Waals surface area (Å²) in [4.78, 5) is 19.4. The normalized spacial score (nSPS) is 10.5. The van der Waals surface area contributed by atoms with Gasteiger partial charge in [0.2, 0.25) is 0 Å². The molecule has 0 atom stereocenters. The first-order valence-electron chi connectivity index (χ1n) is 6.93. The van der Waals surface area contributed by atoms with E-state index in [-0.39, 0.29) is 6.42 Å². The fourth-order valence-electron chi connectivity index (χ4n) is 2.26. The Morgan fingerprint density at radius 3 is 2.78 bits per heavy atom. The lowest BCUT2D eigenvalue weighted by atomic mass is 10.1. The molecule has 3 aromatic rings. The Morgan fingerprint density at radius 1 is 1.13 bits per heavy atom. The molecule has 116 valence electrons. The van der Waals surface area contributed by atoms with Gasteiger partial charge in [0.15, 0.2) is 5.75 Å². The maximum absolute atomic E-state index is 10.9. The summed E-state index contributed by atoms with van der Waals surface area (Å²) in [6.45, 7) is 0. The summed E-state index contributed by atoms with van der Waals surface area (Å²) < 4.78 is 11.1. The van der Waals surface area contributed by atoms with Crippen molar-refractivity contribution in [2.75, 3.05) is 7.11 Å². The molecule has 6 nitrogen and oxygen atoms in total. The van der Waals surface area contributed by atoms with Crippen LogP contribution in [0.2, 0.25) is 0 Å². The van der Waals surface area contributed by atoms with Gasteiger partial charge in [-0.05, 0) is 18.2 Å². The summed E-state index contributed by atoms with van der Waals surface area (Å²) in [7, 11) is 1.49. The van der Waals surface area contributed by atoms with Crippen LogP contribution in [0.4, 0.5) is 0 Å². The topological polar surface area (TPSA) is 81.5 Å². The van der Waals surface area contributed by atoms with E-state index in [4.69, 9.17) is 14.6 Å². The van der Waals surface area contributed by atoms with Crippen LogP contribution in [0.15, 0.2) is 48.8 Å². The van der Waals surface area contributed by atoms with Crippen molar-refractivity contribution in [2.45, 2.75) is 6.42 Å². The first-order valence-corrected chi connectivity index (χ1v) is 6.93. The third-order valence-electron chi connectivity index (χ3n) is 3.29. The molecular weight excluding hydrogens is 296 g/mol. The third kappa shape index (κ3) is 3.21. The van der Waals surface area contributed by atoms with Gasteiger partial charge in [0.1, 0.15) is 17.0 Å². The van der Waals surface area contributed by atoms with E-state index < -0.39 is 5.97 Å². The van der Waals surface area contributed by atoms with Crippen molar-refractivity contribution in [3.63, 3.8) is 0 Å². The zero-order valence-electron chi connectivity index (χ0n) is 12.4. The minimum Gasteiger partial charge on any atom is -0.496 e. The first-order chi connectivity index (χ1) is 11.2. The standard InChI is InChI=1S/C17H14N2O4/c1-22-15-10-12(5-4-11(15)9-16(20)21)23-14-6-8-18-13-3-2-7-19-17(13)14/h2-8,10H,9H2,1H3,(H,20,21). The van der Waals surface area contributed by atoms with E-state index in [0.29, 0.717) is 28.3 Å². The van der Waals surface area contributed by atoms with Gasteiger partial charge in [-0.15, -0.1) is 0 Å². The number of methoxy groups -OCH3 is 1. The Balaban J connectivity index is 1.94. The van der Waals surface area contributed by atoms with Crippen LogP contribution in [0.5, 0.6) is 17.2 Å². The quantitative estimate of drug-likeness (QED) is 0.780. The number of pyridine rings is 2. The number of aromatic nitrogens is 2. The molecule has 23 heavy (non-hydrogen) atoms. The van der Waals surface area contributed by atoms with Crippen molar-refractivity contribution in [1.82, 2.24) is 9.97 Å². The van der Waals surface area contributed by atoms with Gasteiger partial charge in [0.25, 0.3) is 0 Å². The molecule has 1 N–H and O–H groups in total. The molecule has 0 saturated carbocycles. The minimum atomic E-state index is -0.915. The lowest BCUT2D eigenvalue weighted by Crippen LogP contribution is -2.02. The highest BCUT2D eigenvalue weighted by atomic mass is 16.5. The second-order valence-corrected chi connectivity index (χ2v) is 4.83. The molecule has 1 aromatic carbocycles. The molecule has 0 radical (unpaired) electrons. The molecule has 0 aliphatic rings. The molecule has 0 spiro atoms. The van der Waals surface area contributed by atoms with Crippen LogP contribution >= 0.6 is 0 Å². The lowest BCUT2D eigenvalue weighted by molar-refractivity contribution is -0.136. The Kier molecular flexibility index (Phi) is 4.05. The number of benzene rings is 1. The van der Waals surface area contributed by atoms with Crippen molar-refractivity contribution in [1.29, 1.82) is 0 Å². The number of hydrogen-bond acceptors (Lipinski definition) is 5. The van der Waals surface area contributed by atoms with E-state index in [0.717, 1.165) is 5.52 Å². The molecular formula is C17H14N2O4. The Labute approximate surface area is 132 Å². The van der Waals surface area contributed by atoms with Gasteiger partial charge in [0, 0.05) is 30.1 Å². The van der Waals surface area contributed by atoms with Crippen molar-refractivity contribution < 1.29 is 19.4 Å². The zero-order valence-corrected chi connectivity index (χ0v) is 12.4. The van der Waals surface area contributed by atoms with Gasteiger partial charge in [-0.3, -0.25) is 14.8 Å². The molecule has 0 aliphatic heterocycles. The fraction of sp³-hybridized carbons (Fsp3) is 0.118. The second kappa shape index (κ2) is 6.31. The summed E-state index contributed by atoms with van der Waals surface area (Å²) in [5, 5.41) is 8.91. The first kappa shape index (κ1) is 14.8. The molecule has 3 rings (SSSR count). The Morgan fingerprint density at radius 2 is 2.00 bits per heavy atom. The van der Waals surface area contributed by atoms with Gasteiger partial charge in [-0.25, -0.2) is 0 Å². The van der Waals surface area contributed by atoms with Gasteiger partial charge in [-0.1, -0.05) is 6.07 Å². The third-order valence-corrected chi connectivity index (χ3v) is 3.29. The van der Waals surface area contributed by atoms with Crippen molar-refractivity contribution in [2.24, 2.45) is 0 Å². The van der Waals surface area contributed by atoms with Crippen LogP contribution in [-0.4, -0.2) is 28.2 Å². The Bertz CT molecular complexity index is 859. The van der Waals surface area contributed by atoms with Gasteiger partial charge < -0.3 is 14.6 Å². The van der Waals surface area contributed by atoms with Gasteiger partial charge in [0.05, 0.1) is 19.0 Å². The van der Waals surface area contributed by atoms with Gasteiger partial charge in [-0.2, -0.15) is 0 Å². The molecule has 0 amide bonds. The highest BCUT2D eigenvalue weighted by Crippen LogP contribution is 2.31. The SMILES string of the molecule is COc1cc(Oc2ccnc3cccnc23)ccc1CC(=O)O. The van der Waals surface area contributed by atoms with Crippen LogP contribution in [0.3, 0.4) is 0 Å². The van der Waals surface area contributed by atoms with E-state index in [9.17, 15) is 4.79 Å². The highest BCUT2D eigenvalue weighted by molar-refractivity contribution is 5.80. The average Bonchev–Trinajstić information content (AvgIpc) is 2.56. The van der Waals surface area contributed by atoms with Crippen molar-refractivity contribution in [3.8, 4) is 17.2 Å². The van der Waals surface area contributed by atoms with Crippen LogP contribution in [0.25, 0.3) is 11.0 Å². The van der Waals surface area contributed by atoms with Crippen LogP contribution in [-0.2, 0) is 11.2 Å². The Hall–Kier alpha value is -3.15. The number of fused-ring (bicyclic) bond motifs is 1. The van der Waals surface area contributed by atoms with Crippen molar-refractivity contribution in [3.05, 3.63) is 54.4 Å². The lowest BCUT2D eigenvalue weighted by Gasteiger charge is -2.11. The zero-order chi connectivity index (χ0) is 16.2. The summed E-state index contributed by atoms with van der Waals surface area (Å²) >= 11 is 0. The maximum atomic E-state index is 10.9. The van der Waals surface area contributed by atoms with E-state index in [2.05, 4.69) is 9.97 Å². The monoisotopic (exact) mass is 310 g/mol. The van der Waals surface area contributed by atoms with Crippen LogP contribution in [0.1, 0.15) is 5.56 Å². The number of carboxylic acids is 1.